The van der Waals surface area contributed by atoms with Crippen LogP contribution in [0.1, 0.15) is 30.4 Å². The lowest BCUT2D eigenvalue weighted by Gasteiger charge is -2.40. The Morgan fingerprint density at radius 2 is 2.28 bits per heavy atom. The van der Waals surface area contributed by atoms with Gasteiger partial charge in [-0.3, -0.25) is 0 Å². The zero-order chi connectivity index (χ0) is 12.5. The number of rotatable bonds is 2. The number of alkyl halides is 1. The Kier molecular flexibility index (Phi) is 3.49. The van der Waals surface area contributed by atoms with Crippen LogP contribution >= 0.6 is 11.6 Å². The Morgan fingerprint density at radius 3 is 3.11 bits per heavy atom. The first-order valence-electron chi connectivity index (χ1n) is 6.83. The number of nitrogens with zero attached hydrogens (tertiary/aromatic N) is 1. The maximum absolute atomic E-state index is 6.11. The van der Waals surface area contributed by atoms with Crippen molar-refractivity contribution in [1.29, 1.82) is 0 Å². The Balaban J connectivity index is 1.93. The van der Waals surface area contributed by atoms with E-state index in [2.05, 4.69) is 30.0 Å². The number of hydrogen-bond acceptors (Lipinski definition) is 2. The highest BCUT2D eigenvalue weighted by Crippen LogP contribution is 2.35. The molecular formula is C15H20ClNO. The van der Waals surface area contributed by atoms with E-state index in [1.807, 2.05) is 0 Å². The van der Waals surface area contributed by atoms with Gasteiger partial charge in [0.05, 0.1) is 18.8 Å². The van der Waals surface area contributed by atoms with E-state index in [1.165, 1.54) is 36.1 Å². The Labute approximate surface area is 114 Å². The third-order valence-electron chi connectivity index (χ3n) is 4.17. The minimum Gasteiger partial charge on any atom is -0.374 e. The molecule has 0 N–H and O–H groups in total. The lowest BCUT2D eigenvalue weighted by atomic mass is 10.0. The van der Waals surface area contributed by atoms with E-state index >= 15 is 0 Å². The summed E-state index contributed by atoms with van der Waals surface area (Å²) in [5.74, 6) is 0.589. The molecule has 1 saturated carbocycles. The third kappa shape index (κ3) is 2.12. The molecule has 2 unspecified atom stereocenters. The van der Waals surface area contributed by atoms with Crippen LogP contribution in [0.5, 0.6) is 0 Å². The second-order valence-electron chi connectivity index (χ2n) is 5.37. The van der Waals surface area contributed by atoms with Crippen molar-refractivity contribution in [2.45, 2.75) is 44.2 Å². The van der Waals surface area contributed by atoms with Gasteiger partial charge in [0.15, 0.2) is 0 Å². The van der Waals surface area contributed by atoms with E-state index < -0.39 is 0 Å². The second kappa shape index (κ2) is 5.10. The maximum Gasteiger partial charge on any atom is 0.0779 e. The van der Waals surface area contributed by atoms with E-state index in [-0.39, 0.29) is 0 Å². The molecule has 18 heavy (non-hydrogen) atoms. The molecule has 0 spiro atoms. The summed E-state index contributed by atoms with van der Waals surface area (Å²) in [7, 11) is 0. The molecule has 1 aliphatic carbocycles. The van der Waals surface area contributed by atoms with Crippen molar-refractivity contribution in [3.63, 3.8) is 0 Å². The molecule has 0 aromatic heterocycles. The first-order chi connectivity index (χ1) is 8.79. The summed E-state index contributed by atoms with van der Waals surface area (Å²) in [6.45, 7) is 3.96. The van der Waals surface area contributed by atoms with Crippen molar-refractivity contribution in [3.8, 4) is 0 Å². The standard InChI is InChI=1S/C15H20ClNO/c1-11-5-6-13(12(9-11)10-16)17-7-8-18-15-4-2-3-14(15)17/h5-6,9,14-15H,2-4,7-8,10H2,1H3. The highest BCUT2D eigenvalue weighted by molar-refractivity contribution is 6.17. The van der Waals surface area contributed by atoms with Gasteiger partial charge in [-0.1, -0.05) is 17.7 Å². The molecule has 0 bridgehead atoms. The fourth-order valence-electron chi connectivity index (χ4n) is 3.33. The van der Waals surface area contributed by atoms with Gasteiger partial charge in [0.2, 0.25) is 0 Å². The van der Waals surface area contributed by atoms with Gasteiger partial charge in [0, 0.05) is 18.1 Å². The Hall–Kier alpha value is -0.730. The largest absolute Gasteiger partial charge is 0.374 e. The molecule has 2 nitrogen and oxygen atoms in total. The summed E-state index contributed by atoms with van der Waals surface area (Å²) in [5.41, 5.74) is 3.85. The van der Waals surface area contributed by atoms with E-state index in [0.717, 1.165) is 13.2 Å². The molecule has 98 valence electrons. The highest BCUT2D eigenvalue weighted by atomic mass is 35.5. The van der Waals surface area contributed by atoms with Gasteiger partial charge in [-0.05, 0) is 37.8 Å². The van der Waals surface area contributed by atoms with Crippen molar-refractivity contribution in [1.82, 2.24) is 0 Å². The number of anilines is 1. The molecular weight excluding hydrogens is 246 g/mol. The van der Waals surface area contributed by atoms with Crippen molar-refractivity contribution in [2.75, 3.05) is 18.1 Å². The van der Waals surface area contributed by atoms with Crippen LogP contribution in [0.2, 0.25) is 0 Å². The quantitative estimate of drug-likeness (QED) is 0.759. The van der Waals surface area contributed by atoms with Crippen molar-refractivity contribution >= 4 is 17.3 Å². The molecule has 0 amide bonds. The predicted octanol–water partition coefficient (Wildman–Crippen LogP) is 3.49. The second-order valence-corrected chi connectivity index (χ2v) is 5.63. The monoisotopic (exact) mass is 265 g/mol. The molecule has 3 rings (SSSR count). The number of morpholine rings is 1. The van der Waals surface area contributed by atoms with Crippen LogP contribution in [0.4, 0.5) is 5.69 Å². The number of fused-ring (bicyclic) bond motifs is 1. The predicted molar refractivity (Wildman–Crippen MR) is 75.5 cm³/mol. The molecule has 2 fully saturated rings. The van der Waals surface area contributed by atoms with Gasteiger partial charge >= 0.3 is 0 Å². The number of hydrogen-bond donors (Lipinski definition) is 0. The number of aryl methyl sites for hydroxylation is 1. The van der Waals surface area contributed by atoms with Crippen LogP contribution in [0.3, 0.4) is 0 Å². The highest BCUT2D eigenvalue weighted by Gasteiger charge is 2.36. The molecule has 0 radical (unpaired) electrons. The lowest BCUT2D eigenvalue weighted by molar-refractivity contribution is 0.0256. The first-order valence-corrected chi connectivity index (χ1v) is 7.37. The van der Waals surface area contributed by atoms with Crippen LogP contribution in [-0.2, 0) is 10.6 Å². The van der Waals surface area contributed by atoms with E-state index in [0.29, 0.717) is 18.0 Å². The van der Waals surface area contributed by atoms with Crippen molar-refractivity contribution < 1.29 is 4.74 Å². The summed E-state index contributed by atoms with van der Waals surface area (Å²) in [4.78, 5) is 2.53. The molecule has 1 aliphatic heterocycles. The van der Waals surface area contributed by atoms with E-state index in [1.54, 1.807) is 0 Å². The van der Waals surface area contributed by atoms with E-state index in [9.17, 15) is 0 Å². The molecule has 1 saturated heterocycles. The normalized spacial score (nSPS) is 27.3. The fraction of sp³-hybridized carbons (Fsp3) is 0.600. The molecule has 1 aromatic carbocycles. The summed E-state index contributed by atoms with van der Waals surface area (Å²) in [6.07, 6.45) is 4.18. The Morgan fingerprint density at radius 1 is 1.39 bits per heavy atom. The summed E-state index contributed by atoms with van der Waals surface area (Å²) >= 11 is 6.11. The van der Waals surface area contributed by atoms with Gasteiger partial charge < -0.3 is 9.64 Å². The third-order valence-corrected chi connectivity index (χ3v) is 4.46. The molecule has 3 heteroatoms. The smallest absolute Gasteiger partial charge is 0.0779 e. The van der Waals surface area contributed by atoms with Gasteiger partial charge in [-0.25, -0.2) is 0 Å². The average Bonchev–Trinajstić information content (AvgIpc) is 2.86. The van der Waals surface area contributed by atoms with Crippen molar-refractivity contribution in [3.05, 3.63) is 29.3 Å². The van der Waals surface area contributed by atoms with Crippen molar-refractivity contribution in [2.24, 2.45) is 0 Å². The Bertz CT molecular complexity index is 435. The maximum atomic E-state index is 6.11. The zero-order valence-electron chi connectivity index (χ0n) is 10.9. The van der Waals surface area contributed by atoms with Crippen LogP contribution in [0.15, 0.2) is 18.2 Å². The number of halogens is 1. The first kappa shape index (κ1) is 12.3. The lowest BCUT2D eigenvalue weighted by Crippen LogP contribution is -2.49. The topological polar surface area (TPSA) is 12.5 Å². The van der Waals surface area contributed by atoms with Crippen LogP contribution in [-0.4, -0.2) is 25.3 Å². The van der Waals surface area contributed by atoms with Gasteiger partial charge in [0.1, 0.15) is 0 Å². The minimum atomic E-state index is 0.434. The van der Waals surface area contributed by atoms with Gasteiger partial charge in [-0.2, -0.15) is 0 Å². The summed E-state index contributed by atoms with van der Waals surface area (Å²) in [5, 5.41) is 0. The van der Waals surface area contributed by atoms with Gasteiger partial charge in [0.25, 0.3) is 0 Å². The number of ether oxygens (including phenoxy) is 1. The van der Waals surface area contributed by atoms with Gasteiger partial charge in [-0.15, -0.1) is 11.6 Å². The zero-order valence-corrected chi connectivity index (χ0v) is 11.6. The molecule has 2 aliphatic rings. The molecule has 1 heterocycles. The number of benzene rings is 1. The van der Waals surface area contributed by atoms with Crippen LogP contribution < -0.4 is 4.90 Å². The molecule has 2 atom stereocenters. The average molecular weight is 266 g/mol. The minimum absolute atomic E-state index is 0.434. The summed E-state index contributed by atoms with van der Waals surface area (Å²) in [6, 6.07) is 7.18. The van der Waals surface area contributed by atoms with Crippen LogP contribution in [0, 0.1) is 6.92 Å². The summed E-state index contributed by atoms with van der Waals surface area (Å²) < 4.78 is 5.88. The van der Waals surface area contributed by atoms with E-state index in [4.69, 9.17) is 16.3 Å². The fourth-order valence-corrected chi connectivity index (χ4v) is 3.54. The molecule has 1 aromatic rings. The van der Waals surface area contributed by atoms with Crippen LogP contribution in [0.25, 0.3) is 0 Å². The SMILES string of the molecule is Cc1ccc(N2CCOC3CCCC32)c(CCl)c1.